The molecule has 15 heavy (non-hydrogen) atoms. The summed E-state index contributed by atoms with van der Waals surface area (Å²) in [6.45, 7) is 6.63. The summed E-state index contributed by atoms with van der Waals surface area (Å²) in [5, 5.41) is 7.21. The molecule has 0 aliphatic heterocycles. The average Bonchev–Trinajstić information content (AvgIpc) is 2.63. The number of ether oxygens (including phenoxy) is 1. The van der Waals surface area contributed by atoms with Crippen LogP contribution in [0.15, 0.2) is 19.0 Å². The number of hydrogen-bond donors (Lipinski definition) is 1. The zero-order valence-corrected chi connectivity index (χ0v) is 9.15. The van der Waals surface area contributed by atoms with Gasteiger partial charge >= 0.3 is 0 Å². The Kier molecular flexibility index (Phi) is 5.65. The summed E-state index contributed by atoms with van der Waals surface area (Å²) >= 11 is 0. The van der Waals surface area contributed by atoms with Crippen LogP contribution in [0, 0.1) is 0 Å². The number of rotatable bonds is 8. The normalized spacial score (nSPS) is 10.5. The lowest BCUT2D eigenvalue weighted by atomic mass is 10.4. The minimum atomic E-state index is 0.714. The summed E-state index contributed by atoms with van der Waals surface area (Å²) in [6.07, 6.45) is 4.31. The van der Waals surface area contributed by atoms with E-state index in [0.717, 1.165) is 31.9 Å². The third kappa shape index (κ3) is 4.71. The first-order chi connectivity index (χ1) is 7.34. The van der Waals surface area contributed by atoms with Crippen LogP contribution < -0.4 is 5.32 Å². The maximum Gasteiger partial charge on any atom is 0.140 e. The van der Waals surface area contributed by atoms with Crippen LogP contribution in [0.3, 0.4) is 0 Å². The highest BCUT2D eigenvalue weighted by Gasteiger charge is 1.98. The average molecular weight is 210 g/mol. The van der Waals surface area contributed by atoms with Gasteiger partial charge in [0.05, 0.1) is 19.8 Å². The fourth-order valence-corrected chi connectivity index (χ4v) is 1.09. The topological polar surface area (TPSA) is 52.0 Å². The van der Waals surface area contributed by atoms with Gasteiger partial charge in [-0.05, 0) is 6.42 Å². The van der Waals surface area contributed by atoms with Crippen LogP contribution in [0.4, 0.5) is 0 Å². The molecule has 0 aliphatic carbocycles. The molecule has 0 saturated heterocycles. The van der Waals surface area contributed by atoms with Crippen LogP contribution in [0.25, 0.3) is 0 Å². The van der Waals surface area contributed by atoms with Gasteiger partial charge in [0, 0.05) is 13.6 Å². The van der Waals surface area contributed by atoms with Crippen molar-refractivity contribution < 1.29 is 4.74 Å². The van der Waals surface area contributed by atoms with Gasteiger partial charge in [-0.3, -0.25) is 4.68 Å². The van der Waals surface area contributed by atoms with Crippen LogP contribution in [0.5, 0.6) is 0 Å². The molecule has 5 heteroatoms. The minimum absolute atomic E-state index is 0.714. The Morgan fingerprint density at radius 2 is 2.47 bits per heavy atom. The predicted molar refractivity (Wildman–Crippen MR) is 58.3 cm³/mol. The number of nitrogens with zero attached hydrogens (tertiary/aromatic N) is 3. The molecule has 5 nitrogen and oxygen atoms in total. The van der Waals surface area contributed by atoms with E-state index in [1.54, 1.807) is 11.0 Å². The molecule has 1 rings (SSSR count). The van der Waals surface area contributed by atoms with Gasteiger partial charge in [0.2, 0.25) is 0 Å². The Morgan fingerprint density at radius 3 is 3.13 bits per heavy atom. The second-order valence-electron chi connectivity index (χ2n) is 3.17. The lowest BCUT2D eigenvalue weighted by molar-refractivity contribution is 0.140. The third-order valence-corrected chi connectivity index (χ3v) is 1.98. The fourth-order valence-electron chi connectivity index (χ4n) is 1.09. The second kappa shape index (κ2) is 7.14. The van der Waals surface area contributed by atoms with Crippen molar-refractivity contribution >= 4 is 0 Å². The van der Waals surface area contributed by atoms with Crippen LogP contribution in [0.2, 0.25) is 0 Å². The molecule has 0 aliphatic rings. The van der Waals surface area contributed by atoms with Gasteiger partial charge in [0.1, 0.15) is 12.2 Å². The summed E-state index contributed by atoms with van der Waals surface area (Å²) in [4.78, 5) is 4.10. The van der Waals surface area contributed by atoms with E-state index >= 15 is 0 Å². The lowest BCUT2D eigenvalue weighted by Gasteiger charge is -2.04. The standard InChI is InChI=1S/C10H18N4O/c1-3-4-6-15-7-5-11-8-10-12-9-13-14(10)2/h3,9,11H,1,4-8H2,2H3. The van der Waals surface area contributed by atoms with Gasteiger partial charge in [-0.1, -0.05) is 6.08 Å². The van der Waals surface area contributed by atoms with E-state index < -0.39 is 0 Å². The first kappa shape index (κ1) is 11.9. The molecule has 0 fully saturated rings. The van der Waals surface area contributed by atoms with Gasteiger partial charge in [0.25, 0.3) is 0 Å². The molecule has 0 radical (unpaired) electrons. The van der Waals surface area contributed by atoms with Crippen molar-refractivity contribution in [1.82, 2.24) is 20.1 Å². The van der Waals surface area contributed by atoms with E-state index in [0.29, 0.717) is 6.61 Å². The first-order valence-corrected chi connectivity index (χ1v) is 5.07. The Balaban J connectivity index is 1.98. The maximum atomic E-state index is 5.35. The Morgan fingerprint density at radius 1 is 1.60 bits per heavy atom. The van der Waals surface area contributed by atoms with Crippen molar-refractivity contribution in [3.05, 3.63) is 24.8 Å². The van der Waals surface area contributed by atoms with Gasteiger partial charge in [-0.2, -0.15) is 5.10 Å². The van der Waals surface area contributed by atoms with Crippen LogP contribution in [-0.2, 0) is 18.3 Å². The highest BCUT2D eigenvalue weighted by molar-refractivity contribution is 4.81. The van der Waals surface area contributed by atoms with Gasteiger partial charge in [-0.15, -0.1) is 6.58 Å². The van der Waals surface area contributed by atoms with Gasteiger partial charge in [0.15, 0.2) is 0 Å². The summed E-state index contributed by atoms with van der Waals surface area (Å²) < 4.78 is 7.10. The quantitative estimate of drug-likeness (QED) is 0.501. The SMILES string of the molecule is C=CCCOCCNCc1ncnn1C. The molecule has 0 aromatic carbocycles. The highest BCUT2D eigenvalue weighted by Crippen LogP contribution is 1.88. The number of aryl methyl sites for hydroxylation is 1. The summed E-state index contributed by atoms with van der Waals surface area (Å²) in [6, 6.07) is 0. The second-order valence-corrected chi connectivity index (χ2v) is 3.17. The van der Waals surface area contributed by atoms with Crippen molar-refractivity contribution in [2.45, 2.75) is 13.0 Å². The highest BCUT2D eigenvalue weighted by atomic mass is 16.5. The predicted octanol–water partition coefficient (Wildman–Crippen LogP) is 0.497. The molecule has 1 N–H and O–H groups in total. The summed E-state index contributed by atoms with van der Waals surface area (Å²) in [5.41, 5.74) is 0. The first-order valence-electron chi connectivity index (χ1n) is 5.07. The molecule has 0 spiro atoms. The van der Waals surface area contributed by atoms with Crippen molar-refractivity contribution in [2.24, 2.45) is 7.05 Å². The lowest BCUT2D eigenvalue weighted by Crippen LogP contribution is -2.21. The molecule has 0 saturated carbocycles. The van der Waals surface area contributed by atoms with E-state index in [1.807, 2.05) is 13.1 Å². The zero-order valence-electron chi connectivity index (χ0n) is 9.15. The van der Waals surface area contributed by atoms with Crippen molar-refractivity contribution in [1.29, 1.82) is 0 Å². The number of hydrogen-bond acceptors (Lipinski definition) is 4. The number of nitrogens with one attached hydrogen (secondary N) is 1. The largest absolute Gasteiger partial charge is 0.380 e. The number of aromatic nitrogens is 3. The molecular weight excluding hydrogens is 192 g/mol. The third-order valence-electron chi connectivity index (χ3n) is 1.98. The maximum absolute atomic E-state index is 5.35. The van der Waals surface area contributed by atoms with E-state index in [-0.39, 0.29) is 0 Å². The molecule has 1 aromatic rings. The van der Waals surface area contributed by atoms with Crippen molar-refractivity contribution in [2.75, 3.05) is 19.8 Å². The molecule has 84 valence electrons. The van der Waals surface area contributed by atoms with Crippen LogP contribution >= 0.6 is 0 Å². The summed E-state index contributed by atoms with van der Waals surface area (Å²) in [5.74, 6) is 0.932. The van der Waals surface area contributed by atoms with E-state index in [2.05, 4.69) is 22.0 Å². The van der Waals surface area contributed by atoms with Crippen LogP contribution in [0.1, 0.15) is 12.2 Å². The van der Waals surface area contributed by atoms with E-state index in [9.17, 15) is 0 Å². The van der Waals surface area contributed by atoms with E-state index in [1.165, 1.54) is 0 Å². The van der Waals surface area contributed by atoms with E-state index in [4.69, 9.17) is 4.74 Å². The Hall–Kier alpha value is -1.20. The van der Waals surface area contributed by atoms with Gasteiger partial charge in [-0.25, -0.2) is 4.98 Å². The smallest absolute Gasteiger partial charge is 0.140 e. The zero-order chi connectivity index (χ0) is 10.9. The molecule has 0 amide bonds. The molecule has 1 aromatic heterocycles. The molecule has 0 bridgehead atoms. The fraction of sp³-hybridized carbons (Fsp3) is 0.600. The molecule has 0 unspecified atom stereocenters. The summed E-state index contributed by atoms with van der Waals surface area (Å²) in [7, 11) is 1.88. The minimum Gasteiger partial charge on any atom is -0.380 e. The molecular formula is C10H18N4O. The molecule has 0 atom stereocenters. The molecule has 1 heterocycles. The van der Waals surface area contributed by atoms with Gasteiger partial charge < -0.3 is 10.1 Å². The van der Waals surface area contributed by atoms with Crippen LogP contribution in [-0.4, -0.2) is 34.5 Å². The van der Waals surface area contributed by atoms with Crippen molar-refractivity contribution in [3.8, 4) is 0 Å². The Bertz CT molecular complexity index is 285. The monoisotopic (exact) mass is 210 g/mol. The van der Waals surface area contributed by atoms with Crippen molar-refractivity contribution in [3.63, 3.8) is 0 Å². The Labute approximate surface area is 90.2 Å².